The fourth-order valence-corrected chi connectivity index (χ4v) is 1.23. The second-order valence-electron chi connectivity index (χ2n) is 4.14. The molecule has 0 aromatic heterocycles. The number of carbonyl (C=O) groups is 3. The highest BCUT2D eigenvalue weighted by Crippen LogP contribution is 2.02. The van der Waals surface area contributed by atoms with Gasteiger partial charge in [-0.15, -0.1) is 0 Å². The lowest BCUT2D eigenvalue weighted by molar-refractivity contribution is -0.156. The number of hydrogen-bond donors (Lipinski definition) is 3. The Morgan fingerprint density at radius 3 is 2.26 bits per heavy atom. The smallest absolute Gasteiger partial charge is 0.340 e. The molecule has 1 atom stereocenters. The molecule has 0 heterocycles. The fourth-order valence-electron chi connectivity index (χ4n) is 1.23. The molecule has 0 saturated carbocycles. The summed E-state index contributed by atoms with van der Waals surface area (Å²) in [4.78, 5) is 33.9. The number of rotatable bonds is 7. The van der Waals surface area contributed by atoms with Gasteiger partial charge in [0.25, 0.3) is 5.91 Å². The second kappa shape index (κ2) is 8.06. The molecule has 8 nitrogen and oxygen atoms in total. The molecule has 0 aliphatic rings. The standard InChI is InChI=1S/C11H18N2O6/c1-4-19-11(17)8(10(15)16)12-9(14)7(13-18)5-6(2)3/h6,8,18H,4-5H2,1-3H3,(H,12,14)(H,15,16). The van der Waals surface area contributed by atoms with E-state index in [2.05, 4.69) is 9.89 Å². The zero-order valence-corrected chi connectivity index (χ0v) is 11.0. The Hall–Kier alpha value is -2.12. The molecule has 0 aliphatic carbocycles. The molecule has 0 saturated heterocycles. The summed E-state index contributed by atoms with van der Waals surface area (Å²) in [5.41, 5.74) is -0.245. The summed E-state index contributed by atoms with van der Waals surface area (Å²) in [6, 6.07) is -1.82. The molecule has 1 unspecified atom stereocenters. The summed E-state index contributed by atoms with van der Waals surface area (Å²) in [7, 11) is 0. The lowest BCUT2D eigenvalue weighted by atomic mass is 10.1. The van der Waals surface area contributed by atoms with Gasteiger partial charge >= 0.3 is 11.9 Å². The number of nitrogens with one attached hydrogen (secondary N) is 1. The van der Waals surface area contributed by atoms with E-state index in [1.165, 1.54) is 6.92 Å². The van der Waals surface area contributed by atoms with Crippen molar-refractivity contribution < 1.29 is 29.4 Å². The van der Waals surface area contributed by atoms with Crippen LogP contribution in [0.25, 0.3) is 0 Å². The third kappa shape index (κ3) is 5.84. The zero-order chi connectivity index (χ0) is 15.0. The van der Waals surface area contributed by atoms with Crippen LogP contribution < -0.4 is 5.32 Å². The first kappa shape index (κ1) is 16.9. The van der Waals surface area contributed by atoms with Crippen LogP contribution in [0.5, 0.6) is 0 Å². The van der Waals surface area contributed by atoms with Gasteiger partial charge in [0.2, 0.25) is 6.04 Å². The second-order valence-corrected chi connectivity index (χ2v) is 4.14. The van der Waals surface area contributed by atoms with Crippen LogP contribution in [0.3, 0.4) is 0 Å². The number of hydrogen-bond acceptors (Lipinski definition) is 6. The van der Waals surface area contributed by atoms with E-state index >= 15 is 0 Å². The Bertz CT molecular complexity index is 377. The van der Waals surface area contributed by atoms with Gasteiger partial charge in [-0.25, -0.2) is 9.59 Å². The molecule has 19 heavy (non-hydrogen) atoms. The van der Waals surface area contributed by atoms with Crippen LogP contribution in [0.4, 0.5) is 0 Å². The highest BCUT2D eigenvalue weighted by atomic mass is 16.5. The molecule has 0 aromatic rings. The van der Waals surface area contributed by atoms with Crippen LogP contribution in [-0.2, 0) is 19.1 Å². The highest BCUT2D eigenvalue weighted by molar-refractivity contribution is 6.39. The Labute approximate surface area is 110 Å². The van der Waals surface area contributed by atoms with E-state index < -0.39 is 23.9 Å². The van der Waals surface area contributed by atoms with Gasteiger partial charge in [-0.1, -0.05) is 19.0 Å². The maximum absolute atomic E-state index is 11.7. The summed E-state index contributed by atoms with van der Waals surface area (Å²) in [5.74, 6) is -3.52. The van der Waals surface area contributed by atoms with Crippen molar-refractivity contribution in [2.24, 2.45) is 11.1 Å². The number of carbonyl (C=O) groups excluding carboxylic acids is 2. The maximum atomic E-state index is 11.7. The molecule has 0 bridgehead atoms. The summed E-state index contributed by atoms with van der Waals surface area (Å²) >= 11 is 0. The van der Waals surface area contributed by atoms with Crippen LogP contribution in [0.15, 0.2) is 5.16 Å². The topological polar surface area (TPSA) is 125 Å². The minimum absolute atomic E-state index is 0.00851. The molecule has 8 heteroatoms. The molecule has 0 rings (SSSR count). The van der Waals surface area contributed by atoms with Gasteiger partial charge in [0.15, 0.2) is 0 Å². The first-order valence-electron chi connectivity index (χ1n) is 5.74. The van der Waals surface area contributed by atoms with Gasteiger partial charge in [0.05, 0.1) is 6.61 Å². The van der Waals surface area contributed by atoms with Crippen LogP contribution in [0.1, 0.15) is 27.2 Å². The predicted octanol–water partition coefficient (Wildman–Crippen LogP) is -0.00480. The molecule has 0 radical (unpaired) electrons. The van der Waals surface area contributed by atoms with Gasteiger partial charge in [0, 0.05) is 6.42 Å². The van der Waals surface area contributed by atoms with Crippen molar-refractivity contribution >= 4 is 23.6 Å². The largest absolute Gasteiger partial charge is 0.479 e. The van der Waals surface area contributed by atoms with Gasteiger partial charge in [-0.2, -0.15) is 0 Å². The molecular weight excluding hydrogens is 256 g/mol. The summed E-state index contributed by atoms with van der Waals surface area (Å²) in [6.07, 6.45) is 0.150. The summed E-state index contributed by atoms with van der Waals surface area (Å²) < 4.78 is 4.52. The van der Waals surface area contributed by atoms with Crippen molar-refractivity contribution in [1.29, 1.82) is 0 Å². The van der Waals surface area contributed by atoms with E-state index in [4.69, 9.17) is 10.3 Å². The third-order valence-corrected chi connectivity index (χ3v) is 2.03. The van der Waals surface area contributed by atoms with Crippen LogP contribution in [0.2, 0.25) is 0 Å². The summed E-state index contributed by atoms with van der Waals surface area (Å²) in [5, 5.41) is 22.3. The average Bonchev–Trinajstić information content (AvgIpc) is 2.32. The minimum atomic E-state index is -1.82. The first-order chi connectivity index (χ1) is 8.83. The number of esters is 1. The summed E-state index contributed by atoms with van der Waals surface area (Å²) in [6.45, 7) is 5.08. The van der Waals surface area contributed by atoms with Crippen LogP contribution in [0, 0.1) is 5.92 Å². The molecule has 3 N–H and O–H groups in total. The van der Waals surface area contributed by atoms with Gasteiger partial charge < -0.3 is 20.4 Å². The Morgan fingerprint density at radius 2 is 1.89 bits per heavy atom. The van der Waals surface area contributed by atoms with E-state index in [-0.39, 0.29) is 24.7 Å². The minimum Gasteiger partial charge on any atom is -0.479 e. The maximum Gasteiger partial charge on any atom is 0.340 e. The van der Waals surface area contributed by atoms with E-state index in [0.29, 0.717) is 0 Å². The van der Waals surface area contributed by atoms with Crippen molar-refractivity contribution in [3.05, 3.63) is 0 Å². The average molecular weight is 274 g/mol. The van der Waals surface area contributed by atoms with Gasteiger partial charge in [-0.05, 0) is 12.8 Å². The number of nitrogens with zero attached hydrogens (tertiary/aromatic N) is 1. The number of carboxylic acid groups (broad SMARTS) is 1. The normalized spacial score (nSPS) is 12.9. The van der Waals surface area contributed by atoms with Crippen molar-refractivity contribution in [2.75, 3.05) is 6.61 Å². The number of ether oxygens (including phenoxy) is 1. The quantitative estimate of drug-likeness (QED) is 0.197. The predicted molar refractivity (Wildman–Crippen MR) is 64.9 cm³/mol. The zero-order valence-electron chi connectivity index (χ0n) is 11.0. The van der Waals surface area contributed by atoms with Crippen molar-refractivity contribution in [1.82, 2.24) is 5.32 Å². The number of aliphatic carboxylic acids is 1. The van der Waals surface area contributed by atoms with Gasteiger partial charge in [0.1, 0.15) is 5.71 Å². The number of carboxylic acids is 1. The number of amides is 1. The monoisotopic (exact) mass is 274 g/mol. The molecule has 0 spiro atoms. The Kier molecular flexibility index (Phi) is 7.16. The first-order valence-corrected chi connectivity index (χ1v) is 5.74. The lowest BCUT2D eigenvalue weighted by Crippen LogP contribution is -2.49. The van der Waals surface area contributed by atoms with Crippen LogP contribution >= 0.6 is 0 Å². The van der Waals surface area contributed by atoms with Crippen LogP contribution in [-0.4, -0.2) is 46.5 Å². The molecular formula is C11H18N2O6. The van der Waals surface area contributed by atoms with Crippen molar-refractivity contribution in [3.63, 3.8) is 0 Å². The van der Waals surface area contributed by atoms with Gasteiger partial charge in [-0.3, -0.25) is 4.79 Å². The van der Waals surface area contributed by atoms with E-state index in [0.717, 1.165) is 0 Å². The SMILES string of the molecule is CCOC(=O)C(NC(=O)C(CC(C)C)=NO)C(=O)O. The third-order valence-electron chi connectivity index (χ3n) is 2.03. The fraction of sp³-hybridized carbons (Fsp3) is 0.636. The molecule has 0 fully saturated rings. The van der Waals surface area contributed by atoms with Crippen molar-refractivity contribution in [3.8, 4) is 0 Å². The highest BCUT2D eigenvalue weighted by Gasteiger charge is 2.31. The molecule has 108 valence electrons. The molecule has 0 aromatic carbocycles. The van der Waals surface area contributed by atoms with E-state index in [1.807, 2.05) is 5.32 Å². The van der Waals surface area contributed by atoms with Crippen molar-refractivity contribution in [2.45, 2.75) is 33.2 Å². The molecule has 0 aliphatic heterocycles. The number of oxime groups is 1. The molecule has 1 amide bonds. The lowest BCUT2D eigenvalue weighted by Gasteiger charge is -2.14. The Balaban J connectivity index is 4.81. The Morgan fingerprint density at radius 1 is 1.32 bits per heavy atom. The van der Waals surface area contributed by atoms with E-state index in [1.54, 1.807) is 13.8 Å². The van der Waals surface area contributed by atoms with E-state index in [9.17, 15) is 14.4 Å².